The average Bonchev–Trinajstić information content (AvgIpc) is 2.55. The van der Waals surface area contributed by atoms with E-state index in [1.807, 2.05) is 30.3 Å². The molecular formula is C18H20N2O. The van der Waals surface area contributed by atoms with Gasteiger partial charge in [0.1, 0.15) is 0 Å². The van der Waals surface area contributed by atoms with E-state index in [4.69, 9.17) is 0 Å². The third-order valence-electron chi connectivity index (χ3n) is 3.95. The Bertz CT molecular complexity index is 610. The summed E-state index contributed by atoms with van der Waals surface area (Å²) in [5.74, 6) is 0.170. The van der Waals surface area contributed by atoms with Gasteiger partial charge in [-0.25, -0.2) is 0 Å². The molecule has 2 aromatic rings. The van der Waals surface area contributed by atoms with Crippen LogP contribution in [0, 0.1) is 5.92 Å². The lowest BCUT2D eigenvalue weighted by atomic mass is 9.93. The SMILES string of the molecule is O=C(NCCc1ccccc1)C1CNc2ccccc2C1. The zero-order valence-corrected chi connectivity index (χ0v) is 12.0. The van der Waals surface area contributed by atoms with Crippen LogP contribution in [-0.4, -0.2) is 19.0 Å². The Balaban J connectivity index is 1.50. The van der Waals surface area contributed by atoms with E-state index in [-0.39, 0.29) is 11.8 Å². The highest BCUT2D eigenvalue weighted by Gasteiger charge is 2.23. The summed E-state index contributed by atoms with van der Waals surface area (Å²) in [7, 11) is 0. The number of hydrogen-bond acceptors (Lipinski definition) is 2. The van der Waals surface area contributed by atoms with Crippen LogP contribution in [0.3, 0.4) is 0 Å². The van der Waals surface area contributed by atoms with Gasteiger partial charge in [0.05, 0.1) is 5.92 Å². The summed E-state index contributed by atoms with van der Waals surface area (Å²) in [5.41, 5.74) is 3.64. The summed E-state index contributed by atoms with van der Waals surface area (Å²) < 4.78 is 0. The lowest BCUT2D eigenvalue weighted by molar-refractivity contribution is -0.124. The largest absolute Gasteiger partial charge is 0.384 e. The van der Waals surface area contributed by atoms with Crippen LogP contribution in [0.2, 0.25) is 0 Å². The van der Waals surface area contributed by atoms with Crippen molar-refractivity contribution >= 4 is 11.6 Å². The number of amides is 1. The molecule has 3 nitrogen and oxygen atoms in total. The first-order valence-electron chi connectivity index (χ1n) is 7.46. The van der Waals surface area contributed by atoms with E-state index in [1.165, 1.54) is 11.1 Å². The first kappa shape index (κ1) is 13.7. The number of benzene rings is 2. The van der Waals surface area contributed by atoms with Crippen molar-refractivity contribution in [1.82, 2.24) is 5.32 Å². The van der Waals surface area contributed by atoms with Gasteiger partial charge >= 0.3 is 0 Å². The molecule has 0 spiro atoms. The van der Waals surface area contributed by atoms with E-state index in [2.05, 4.69) is 34.9 Å². The molecule has 3 heteroatoms. The molecule has 21 heavy (non-hydrogen) atoms. The quantitative estimate of drug-likeness (QED) is 0.904. The third-order valence-corrected chi connectivity index (χ3v) is 3.95. The number of hydrogen-bond donors (Lipinski definition) is 2. The predicted octanol–water partition coefficient (Wildman–Crippen LogP) is 2.63. The van der Waals surface area contributed by atoms with Crippen LogP contribution in [0.25, 0.3) is 0 Å². The van der Waals surface area contributed by atoms with Crippen LogP contribution in [0.15, 0.2) is 54.6 Å². The Morgan fingerprint density at radius 3 is 2.71 bits per heavy atom. The highest BCUT2D eigenvalue weighted by molar-refractivity contribution is 5.80. The Morgan fingerprint density at radius 1 is 1.10 bits per heavy atom. The molecule has 1 amide bonds. The fraction of sp³-hybridized carbons (Fsp3) is 0.278. The maximum atomic E-state index is 12.2. The molecule has 1 unspecified atom stereocenters. The average molecular weight is 280 g/mol. The molecule has 2 N–H and O–H groups in total. The normalized spacial score (nSPS) is 16.7. The summed E-state index contributed by atoms with van der Waals surface area (Å²) in [6, 6.07) is 18.4. The van der Waals surface area contributed by atoms with E-state index < -0.39 is 0 Å². The Hall–Kier alpha value is -2.29. The van der Waals surface area contributed by atoms with Gasteiger partial charge in [-0.05, 0) is 30.0 Å². The standard InChI is InChI=1S/C18H20N2O/c21-18(19-11-10-14-6-2-1-3-7-14)16-12-15-8-4-5-9-17(15)20-13-16/h1-9,16,20H,10-13H2,(H,19,21). The topological polar surface area (TPSA) is 41.1 Å². The number of nitrogens with one attached hydrogen (secondary N) is 2. The second-order valence-electron chi connectivity index (χ2n) is 5.47. The number of carbonyl (C=O) groups excluding carboxylic acids is 1. The summed E-state index contributed by atoms with van der Waals surface area (Å²) >= 11 is 0. The van der Waals surface area contributed by atoms with Crippen LogP contribution < -0.4 is 10.6 Å². The van der Waals surface area contributed by atoms with Gasteiger partial charge in [0, 0.05) is 18.8 Å². The van der Waals surface area contributed by atoms with Crippen molar-refractivity contribution < 1.29 is 4.79 Å². The van der Waals surface area contributed by atoms with Gasteiger partial charge in [-0.2, -0.15) is 0 Å². The maximum absolute atomic E-state index is 12.2. The first-order chi connectivity index (χ1) is 10.3. The molecule has 0 aromatic heterocycles. The van der Waals surface area contributed by atoms with Gasteiger partial charge in [-0.3, -0.25) is 4.79 Å². The Kier molecular flexibility index (Phi) is 4.20. The van der Waals surface area contributed by atoms with E-state index >= 15 is 0 Å². The van der Waals surface area contributed by atoms with Crippen molar-refractivity contribution in [2.75, 3.05) is 18.4 Å². The minimum absolute atomic E-state index is 0.0238. The molecule has 0 fully saturated rings. The lowest BCUT2D eigenvalue weighted by Crippen LogP contribution is -2.38. The van der Waals surface area contributed by atoms with Gasteiger partial charge in [0.2, 0.25) is 5.91 Å². The molecule has 108 valence electrons. The van der Waals surface area contributed by atoms with E-state index in [0.29, 0.717) is 13.1 Å². The lowest BCUT2D eigenvalue weighted by Gasteiger charge is -2.25. The fourth-order valence-corrected chi connectivity index (χ4v) is 2.75. The van der Waals surface area contributed by atoms with Crippen molar-refractivity contribution in [3.63, 3.8) is 0 Å². The number of carbonyl (C=O) groups is 1. The van der Waals surface area contributed by atoms with Crippen molar-refractivity contribution in [1.29, 1.82) is 0 Å². The molecule has 0 saturated carbocycles. The van der Waals surface area contributed by atoms with E-state index in [9.17, 15) is 4.79 Å². The summed E-state index contributed by atoms with van der Waals surface area (Å²) in [4.78, 5) is 12.2. The zero-order valence-electron chi connectivity index (χ0n) is 12.0. The van der Waals surface area contributed by atoms with Crippen LogP contribution in [0.1, 0.15) is 11.1 Å². The summed E-state index contributed by atoms with van der Waals surface area (Å²) in [6.07, 6.45) is 1.70. The molecule has 1 heterocycles. The molecule has 0 bridgehead atoms. The van der Waals surface area contributed by atoms with Crippen molar-refractivity contribution in [2.45, 2.75) is 12.8 Å². The molecular weight excluding hydrogens is 260 g/mol. The van der Waals surface area contributed by atoms with Crippen molar-refractivity contribution in [3.8, 4) is 0 Å². The summed E-state index contributed by atoms with van der Waals surface area (Å²) in [6.45, 7) is 1.41. The van der Waals surface area contributed by atoms with Crippen LogP contribution in [0.4, 0.5) is 5.69 Å². The molecule has 3 rings (SSSR count). The van der Waals surface area contributed by atoms with E-state index in [1.54, 1.807) is 0 Å². The molecule has 0 saturated heterocycles. The molecule has 1 aliphatic heterocycles. The zero-order chi connectivity index (χ0) is 14.5. The molecule has 1 atom stereocenters. The van der Waals surface area contributed by atoms with Crippen molar-refractivity contribution in [2.24, 2.45) is 5.92 Å². The Labute approximate surface area is 125 Å². The smallest absolute Gasteiger partial charge is 0.225 e. The molecule has 2 aromatic carbocycles. The second kappa shape index (κ2) is 6.44. The van der Waals surface area contributed by atoms with Gasteiger partial charge < -0.3 is 10.6 Å². The first-order valence-corrected chi connectivity index (χ1v) is 7.46. The highest BCUT2D eigenvalue weighted by atomic mass is 16.1. The third kappa shape index (κ3) is 3.43. The van der Waals surface area contributed by atoms with Crippen LogP contribution in [0.5, 0.6) is 0 Å². The fourth-order valence-electron chi connectivity index (χ4n) is 2.75. The summed E-state index contributed by atoms with van der Waals surface area (Å²) in [5, 5.41) is 6.39. The number of fused-ring (bicyclic) bond motifs is 1. The minimum atomic E-state index is 0.0238. The maximum Gasteiger partial charge on any atom is 0.225 e. The monoisotopic (exact) mass is 280 g/mol. The molecule has 0 aliphatic carbocycles. The minimum Gasteiger partial charge on any atom is -0.384 e. The highest BCUT2D eigenvalue weighted by Crippen LogP contribution is 2.24. The van der Waals surface area contributed by atoms with E-state index in [0.717, 1.165) is 18.5 Å². The van der Waals surface area contributed by atoms with Gasteiger partial charge in [0.15, 0.2) is 0 Å². The molecule has 1 aliphatic rings. The van der Waals surface area contributed by atoms with Crippen molar-refractivity contribution in [3.05, 3.63) is 65.7 Å². The van der Waals surface area contributed by atoms with Crippen LogP contribution >= 0.6 is 0 Å². The van der Waals surface area contributed by atoms with Crippen LogP contribution in [-0.2, 0) is 17.6 Å². The van der Waals surface area contributed by atoms with Gasteiger partial charge in [-0.15, -0.1) is 0 Å². The number of para-hydroxylation sites is 1. The Morgan fingerprint density at radius 2 is 1.86 bits per heavy atom. The predicted molar refractivity (Wildman–Crippen MR) is 85.3 cm³/mol. The second-order valence-corrected chi connectivity index (χ2v) is 5.47. The van der Waals surface area contributed by atoms with Gasteiger partial charge in [-0.1, -0.05) is 48.5 Å². The number of anilines is 1. The van der Waals surface area contributed by atoms with Gasteiger partial charge in [0.25, 0.3) is 0 Å². The molecule has 0 radical (unpaired) electrons. The number of rotatable bonds is 4.